The number of rotatable bonds is 3. The second-order valence-corrected chi connectivity index (χ2v) is 6.61. The Balaban J connectivity index is 1.86. The van der Waals surface area contributed by atoms with Gasteiger partial charge >= 0.3 is 6.18 Å². The van der Waals surface area contributed by atoms with Gasteiger partial charge in [0.2, 0.25) is 0 Å². The second kappa shape index (κ2) is 5.77. The van der Waals surface area contributed by atoms with Gasteiger partial charge in [-0.05, 0) is 36.6 Å². The van der Waals surface area contributed by atoms with Crippen molar-refractivity contribution in [3.05, 3.63) is 42.2 Å². The summed E-state index contributed by atoms with van der Waals surface area (Å²) >= 11 is 3.31. The Morgan fingerprint density at radius 1 is 1.14 bits per heavy atom. The highest BCUT2D eigenvalue weighted by atomic mass is 32.2. The Bertz CT molecular complexity index is 775. The normalized spacial score (nSPS) is 11.8. The van der Waals surface area contributed by atoms with Gasteiger partial charge in [0, 0.05) is 16.6 Å². The van der Waals surface area contributed by atoms with Crippen LogP contribution in [0.5, 0.6) is 0 Å². The lowest BCUT2D eigenvalue weighted by Gasteiger charge is -2.00. The smallest absolute Gasteiger partial charge is 0.273 e. The first-order valence-electron chi connectivity index (χ1n) is 6.20. The first-order valence-corrected chi connectivity index (χ1v) is 8.25. The van der Waals surface area contributed by atoms with Gasteiger partial charge in [0.25, 0.3) is 0 Å². The zero-order chi connectivity index (χ0) is 15.7. The number of H-pyrrole nitrogens is 1. The topological polar surface area (TPSA) is 41.6 Å². The number of aromatic amines is 1. The number of thiophene rings is 1. The van der Waals surface area contributed by atoms with Gasteiger partial charge in [0.15, 0.2) is 0 Å². The number of aromatic nitrogens is 3. The number of hydrogen-bond donors (Lipinski definition) is 1. The third-order valence-corrected chi connectivity index (χ3v) is 5.19. The van der Waals surface area contributed by atoms with E-state index in [1.54, 1.807) is 35.4 Å². The monoisotopic (exact) mass is 341 g/mol. The lowest BCUT2D eigenvalue weighted by Crippen LogP contribution is -2.04. The van der Waals surface area contributed by atoms with Crippen LogP contribution in [0.15, 0.2) is 40.7 Å². The SMILES string of the molecule is CSc1ccc(-c2ccc(-c3cc(C(F)(F)F)[nH]n3)nc2)s1. The molecule has 0 bridgehead atoms. The van der Waals surface area contributed by atoms with Crippen molar-refractivity contribution in [3.8, 4) is 21.8 Å². The molecule has 0 radical (unpaired) electrons. The standard InChI is InChI=1S/C14H10F3N3S2/c1-21-13-5-4-11(22-13)8-2-3-9(18-7-8)10-6-12(20-19-10)14(15,16)17/h2-7H,1H3,(H,19,20). The van der Waals surface area contributed by atoms with Crippen LogP contribution in [0, 0.1) is 0 Å². The molecule has 3 aromatic rings. The van der Waals surface area contributed by atoms with Gasteiger partial charge in [-0.15, -0.1) is 23.1 Å². The van der Waals surface area contributed by atoms with Crippen LogP contribution in [0.3, 0.4) is 0 Å². The van der Waals surface area contributed by atoms with E-state index in [9.17, 15) is 13.2 Å². The number of pyridine rings is 1. The molecule has 22 heavy (non-hydrogen) atoms. The summed E-state index contributed by atoms with van der Waals surface area (Å²) in [6.07, 6.45) is -0.781. The fourth-order valence-corrected chi connectivity index (χ4v) is 3.41. The van der Waals surface area contributed by atoms with E-state index >= 15 is 0 Å². The molecule has 0 amide bonds. The van der Waals surface area contributed by atoms with Crippen LogP contribution in [0.1, 0.15) is 5.69 Å². The molecule has 1 N–H and O–H groups in total. The van der Waals surface area contributed by atoms with Gasteiger partial charge in [-0.25, -0.2) is 0 Å². The molecule has 0 spiro atoms. The number of nitrogens with zero attached hydrogens (tertiary/aromatic N) is 2. The molecule has 0 aromatic carbocycles. The van der Waals surface area contributed by atoms with Crippen LogP contribution in [-0.2, 0) is 6.18 Å². The second-order valence-electron chi connectivity index (χ2n) is 4.42. The molecule has 0 fully saturated rings. The predicted octanol–water partition coefficient (Wildman–Crippen LogP) is 4.94. The molecule has 3 aromatic heterocycles. The van der Waals surface area contributed by atoms with E-state index in [4.69, 9.17) is 0 Å². The molecule has 0 aliphatic rings. The minimum atomic E-state index is -4.43. The maximum Gasteiger partial charge on any atom is 0.432 e. The van der Waals surface area contributed by atoms with E-state index in [-0.39, 0.29) is 5.69 Å². The number of hydrogen-bond acceptors (Lipinski definition) is 4. The molecule has 3 heterocycles. The molecule has 0 atom stereocenters. The average Bonchev–Trinajstić information content (AvgIpc) is 3.16. The molecule has 114 valence electrons. The number of nitrogens with one attached hydrogen (secondary N) is 1. The van der Waals surface area contributed by atoms with Crippen molar-refractivity contribution in [2.45, 2.75) is 10.4 Å². The zero-order valence-corrected chi connectivity index (χ0v) is 12.9. The molecular weight excluding hydrogens is 331 g/mol. The molecule has 0 aliphatic heterocycles. The molecule has 0 saturated heterocycles. The fourth-order valence-electron chi connectivity index (χ4n) is 1.87. The van der Waals surface area contributed by atoms with E-state index in [1.165, 1.54) is 4.21 Å². The largest absolute Gasteiger partial charge is 0.432 e. The fraction of sp³-hybridized carbons (Fsp3) is 0.143. The summed E-state index contributed by atoms with van der Waals surface area (Å²) in [4.78, 5) is 5.28. The zero-order valence-electron chi connectivity index (χ0n) is 11.3. The van der Waals surface area contributed by atoms with E-state index in [0.29, 0.717) is 5.69 Å². The Labute approximate surface area is 132 Å². The number of alkyl halides is 3. The van der Waals surface area contributed by atoms with Crippen LogP contribution >= 0.6 is 23.1 Å². The van der Waals surface area contributed by atoms with Gasteiger partial charge in [-0.3, -0.25) is 10.1 Å². The minimum absolute atomic E-state index is 0.176. The van der Waals surface area contributed by atoms with Crippen molar-refractivity contribution < 1.29 is 13.2 Å². The summed E-state index contributed by atoms with van der Waals surface area (Å²) in [6.45, 7) is 0. The highest BCUT2D eigenvalue weighted by Crippen LogP contribution is 2.33. The Hall–Kier alpha value is -1.80. The molecular formula is C14H10F3N3S2. The Morgan fingerprint density at radius 2 is 1.95 bits per heavy atom. The van der Waals surface area contributed by atoms with Crippen molar-refractivity contribution >= 4 is 23.1 Å². The molecule has 3 nitrogen and oxygen atoms in total. The lowest BCUT2D eigenvalue weighted by molar-refractivity contribution is -0.141. The summed E-state index contributed by atoms with van der Waals surface area (Å²) < 4.78 is 38.8. The van der Waals surface area contributed by atoms with E-state index in [0.717, 1.165) is 16.5 Å². The van der Waals surface area contributed by atoms with Crippen LogP contribution in [0.4, 0.5) is 13.2 Å². The first-order chi connectivity index (χ1) is 10.5. The van der Waals surface area contributed by atoms with E-state index in [2.05, 4.69) is 10.1 Å². The van der Waals surface area contributed by atoms with Gasteiger partial charge in [-0.1, -0.05) is 0 Å². The molecule has 3 rings (SSSR count). The van der Waals surface area contributed by atoms with E-state index < -0.39 is 11.9 Å². The van der Waals surface area contributed by atoms with Gasteiger partial charge in [0.1, 0.15) is 11.4 Å². The summed E-state index contributed by atoms with van der Waals surface area (Å²) in [5, 5.41) is 5.65. The predicted molar refractivity (Wildman–Crippen MR) is 81.9 cm³/mol. The van der Waals surface area contributed by atoms with Gasteiger partial charge in [0.05, 0.1) is 9.90 Å². The van der Waals surface area contributed by atoms with Gasteiger partial charge in [-0.2, -0.15) is 18.3 Å². The highest BCUT2D eigenvalue weighted by molar-refractivity contribution is 8.00. The molecule has 0 aliphatic carbocycles. The third kappa shape index (κ3) is 3.02. The quantitative estimate of drug-likeness (QED) is 0.686. The summed E-state index contributed by atoms with van der Waals surface area (Å²) in [7, 11) is 0. The molecule has 8 heteroatoms. The van der Waals surface area contributed by atoms with E-state index in [1.807, 2.05) is 29.6 Å². The highest BCUT2D eigenvalue weighted by Gasteiger charge is 2.33. The summed E-state index contributed by atoms with van der Waals surface area (Å²) in [5.74, 6) is 0. The molecule has 0 saturated carbocycles. The Kier molecular flexibility index (Phi) is 3.96. The van der Waals surface area contributed by atoms with Crippen molar-refractivity contribution in [2.24, 2.45) is 0 Å². The third-order valence-electron chi connectivity index (χ3n) is 2.98. The van der Waals surface area contributed by atoms with Crippen LogP contribution < -0.4 is 0 Å². The molecule has 0 unspecified atom stereocenters. The maximum absolute atomic E-state index is 12.5. The maximum atomic E-state index is 12.5. The van der Waals surface area contributed by atoms with Crippen LogP contribution in [0.25, 0.3) is 21.8 Å². The van der Waals surface area contributed by atoms with Crippen molar-refractivity contribution in [1.29, 1.82) is 0 Å². The van der Waals surface area contributed by atoms with Crippen molar-refractivity contribution in [3.63, 3.8) is 0 Å². The number of halogens is 3. The van der Waals surface area contributed by atoms with Crippen LogP contribution in [0.2, 0.25) is 0 Å². The lowest BCUT2D eigenvalue weighted by atomic mass is 10.2. The Morgan fingerprint density at radius 3 is 2.50 bits per heavy atom. The number of thioether (sulfide) groups is 1. The van der Waals surface area contributed by atoms with Crippen molar-refractivity contribution in [1.82, 2.24) is 15.2 Å². The summed E-state index contributed by atoms with van der Waals surface area (Å²) in [6, 6.07) is 8.49. The first kappa shape index (κ1) is 15.1. The van der Waals surface area contributed by atoms with Crippen LogP contribution in [-0.4, -0.2) is 21.4 Å². The van der Waals surface area contributed by atoms with Gasteiger partial charge < -0.3 is 0 Å². The average molecular weight is 341 g/mol. The minimum Gasteiger partial charge on any atom is -0.273 e. The van der Waals surface area contributed by atoms with Crippen molar-refractivity contribution in [2.75, 3.05) is 6.26 Å². The summed E-state index contributed by atoms with van der Waals surface area (Å²) in [5.41, 5.74) is 0.629.